The van der Waals surface area contributed by atoms with Crippen LogP contribution in [-0.2, 0) is 0 Å². The van der Waals surface area contributed by atoms with Gasteiger partial charge in [0, 0.05) is 36.9 Å². The van der Waals surface area contributed by atoms with Crippen LogP contribution in [0.25, 0.3) is 97.8 Å². The van der Waals surface area contributed by atoms with E-state index in [1.54, 1.807) is 35.6 Å². The first kappa shape index (κ1) is 16.7. The Morgan fingerprint density at radius 3 is 1.67 bits per heavy atom. The van der Waals surface area contributed by atoms with Gasteiger partial charge in [0.05, 0.1) is 20.6 Å². The highest BCUT2D eigenvalue weighted by atomic mass is 32.1. The molecule has 2 heterocycles. The van der Waals surface area contributed by atoms with Gasteiger partial charge in [0.2, 0.25) is 0 Å². The maximum absolute atomic E-state index is 9.62. The molecule has 0 saturated heterocycles. The molecule has 10 rings (SSSR count). The predicted molar refractivity (Wildman–Crippen MR) is 207 cm³/mol. The Morgan fingerprint density at radius 1 is 0.388 bits per heavy atom. The minimum atomic E-state index is -0.773. The third kappa shape index (κ3) is 4.61. The van der Waals surface area contributed by atoms with E-state index in [-0.39, 0.29) is 55.4 Å². The minimum absolute atomic E-state index is 0.190. The van der Waals surface area contributed by atoms with Gasteiger partial charge in [-0.25, -0.2) is 15.0 Å². The van der Waals surface area contributed by atoms with Gasteiger partial charge < -0.3 is 0 Å². The lowest BCUT2D eigenvalue weighted by Gasteiger charge is -2.12. The number of benzene rings is 8. The second kappa shape index (κ2) is 11.2. The molecule has 0 bridgehead atoms. The van der Waals surface area contributed by atoms with Crippen molar-refractivity contribution in [3.8, 4) is 45.3 Å². The lowest BCUT2D eigenvalue weighted by Crippen LogP contribution is -2.00. The summed E-state index contributed by atoms with van der Waals surface area (Å²) < 4.78 is 137. The fourth-order valence-electron chi connectivity index (χ4n) is 6.12. The number of nitrogens with zero attached hydrogens (tertiary/aromatic N) is 3. The first-order chi connectivity index (χ1) is 30.5. The summed E-state index contributed by atoms with van der Waals surface area (Å²) in [5, 5.41) is -0.313. The Labute approximate surface area is 307 Å². The number of aromatic nitrogens is 3. The minimum Gasteiger partial charge on any atom is -0.208 e. The van der Waals surface area contributed by atoms with Gasteiger partial charge in [-0.1, -0.05) is 145 Å². The molecule has 0 amide bonds. The largest absolute Gasteiger partial charge is 0.208 e. The van der Waals surface area contributed by atoms with E-state index in [2.05, 4.69) is 4.98 Å². The van der Waals surface area contributed by atoms with Crippen LogP contribution in [0.15, 0.2) is 163 Å². The zero-order valence-corrected chi connectivity index (χ0v) is 26.0. The number of fused-ring (bicyclic) bond motifs is 9. The van der Waals surface area contributed by atoms with Crippen molar-refractivity contribution in [3.63, 3.8) is 0 Å². The maximum atomic E-state index is 9.62. The van der Waals surface area contributed by atoms with Crippen LogP contribution in [0.3, 0.4) is 0 Å². The summed E-state index contributed by atoms with van der Waals surface area (Å²) in [7, 11) is 0. The van der Waals surface area contributed by atoms with Gasteiger partial charge in [0.1, 0.15) is 0 Å². The average Bonchev–Trinajstić information content (AvgIpc) is 3.69. The highest BCUT2D eigenvalue weighted by Crippen LogP contribution is 2.40. The van der Waals surface area contributed by atoms with Gasteiger partial charge in [-0.3, -0.25) is 0 Å². The molecule has 0 aliphatic carbocycles. The zero-order valence-electron chi connectivity index (χ0n) is 40.2. The van der Waals surface area contributed by atoms with Crippen molar-refractivity contribution < 1.29 is 20.6 Å². The first-order valence-electron chi connectivity index (χ1n) is 22.7. The third-order valence-electron chi connectivity index (χ3n) is 8.35. The highest BCUT2D eigenvalue weighted by Gasteiger charge is 2.17. The molecule has 49 heavy (non-hydrogen) atoms. The van der Waals surface area contributed by atoms with E-state index in [1.165, 1.54) is 0 Å². The topological polar surface area (TPSA) is 38.7 Å². The molecule has 8 aromatic carbocycles. The molecule has 0 radical (unpaired) electrons. The van der Waals surface area contributed by atoms with Gasteiger partial charge in [-0.2, -0.15) is 0 Å². The van der Waals surface area contributed by atoms with E-state index in [9.17, 15) is 9.60 Å². The second-order valence-electron chi connectivity index (χ2n) is 11.2. The van der Waals surface area contributed by atoms with Crippen LogP contribution in [0.5, 0.6) is 0 Å². The van der Waals surface area contributed by atoms with Crippen molar-refractivity contribution in [2.75, 3.05) is 0 Å². The average molecular weight is 657 g/mol. The number of hydrogen-bond donors (Lipinski definition) is 0. The Balaban J connectivity index is 1.29. The van der Waals surface area contributed by atoms with Crippen LogP contribution in [0, 0.1) is 0 Å². The normalized spacial score (nSPS) is 16.0. The Morgan fingerprint density at radius 2 is 0.939 bits per heavy atom. The van der Waals surface area contributed by atoms with E-state index in [0.717, 1.165) is 20.2 Å². The lowest BCUT2D eigenvalue weighted by molar-refractivity contribution is 1.08. The molecule has 0 saturated carbocycles. The van der Waals surface area contributed by atoms with Crippen molar-refractivity contribution >= 4 is 63.8 Å². The Kier molecular flexibility index (Phi) is 3.82. The molecule has 0 aliphatic heterocycles. The Hall–Kier alpha value is -6.23. The third-order valence-corrected chi connectivity index (χ3v) is 9.48. The first-order valence-corrected chi connectivity index (χ1v) is 16.0. The summed E-state index contributed by atoms with van der Waals surface area (Å²) >= 11 is 1.59. The summed E-state index contributed by atoms with van der Waals surface area (Å²) in [6, 6.07) is 12.1. The van der Waals surface area contributed by atoms with E-state index >= 15 is 0 Å². The van der Waals surface area contributed by atoms with Gasteiger partial charge in [-0.05, 0) is 61.6 Å². The Bertz CT molecular complexity index is 3670. The lowest BCUT2D eigenvalue weighted by atomic mass is 9.92. The van der Waals surface area contributed by atoms with Crippen LogP contribution in [0.1, 0.15) is 20.6 Å². The van der Waals surface area contributed by atoms with Crippen LogP contribution in [0.4, 0.5) is 0 Å². The molecule has 0 atom stereocenters. The predicted octanol–water partition coefficient (Wildman–Crippen LogP) is 12.4. The van der Waals surface area contributed by atoms with Crippen molar-refractivity contribution in [3.05, 3.63) is 163 Å². The molecule has 0 spiro atoms. The van der Waals surface area contributed by atoms with Crippen LogP contribution in [-0.4, -0.2) is 15.0 Å². The van der Waals surface area contributed by atoms with E-state index < -0.39 is 102 Å². The van der Waals surface area contributed by atoms with Crippen molar-refractivity contribution in [1.29, 1.82) is 0 Å². The molecule has 2 aromatic heterocycles. The zero-order chi connectivity index (χ0) is 45.4. The molecular weight excluding hydrogens is 615 g/mol. The van der Waals surface area contributed by atoms with Gasteiger partial charge in [-0.15, -0.1) is 11.3 Å². The second-order valence-corrected chi connectivity index (χ2v) is 12.3. The van der Waals surface area contributed by atoms with E-state index in [4.69, 9.17) is 20.9 Å². The summed E-state index contributed by atoms with van der Waals surface area (Å²) in [6.07, 6.45) is 0. The maximum Gasteiger partial charge on any atom is 0.164 e. The van der Waals surface area contributed by atoms with Crippen molar-refractivity contribution in [1.82, 2.24) is 15.0 Å². The van der Waals surface area contributed by atoms with Crippen molar-refractivity contribution in [2.45, 2.75) is 0 Å². The fourth-order valence-corrected chi connectivity index (χ4v) is 7.25. The molecular formula is C45H27N3S. The molecule has 3 nitrogen and oxygen atoms in total. The summed E-state index contributed by atoms with van der Waals surface area (Å²) in [6.45, 7) is 0. The van der Waals surface area contributed by atoms with Gasteiger partial charge in [0.25, 0.3) is 0 Å². The van der Waals surface area contributed by atoms with E-state index in [0.29, 0.717) is 11.1 Å². The fraction of sp³-hybridized carbons (Fsp3) is 0. The summed E-state index contributed by atoms with van der Waals surface area (Å²) in [4.78, 5) is 14.3. The molecule has 0 N–H and O–H groups in total. The van der Waals surface area contributed by atoms with Crippen molar-refractivity contribution in [2.24, 2.45) is 0 Å². The number of hydrogen-bond acceptors (Lipinski definition) is 4. The van der Waals surface area contributed by atoms with Crippen LogP contribution >= 0.6 is 11.3 Å². The summed E-state index contributed by atoms with van der Waals surface area (Å²) in [5.41, 5.74) is -0.205. The van der Waals surface area contributed by atoms with Crippen LogP contribution < -0.4 is 0 Å². The van der Waals surface area contributed by atoms with Gasteiger partial charge in [0.15, 0.2) is 17.5 Å². The molecule has 0 unspecified atom stereocenters. The summed E-state index contributed by atoms with van der Waals surface area (Å²) in [5.74, 6) is 0.203. The highest BCUT2D eigenvalue weighted by molar-refractivity contribution is 7.25. The molecule has 228 valence electrons. The monoisotopic (exact) mass is 656 g/mol. The molecule has 0 aliphatic rings. The standard InChI is InChI=1S/C45H27N3S/c1-2-11-29(12-3-1)43-46-44(48-45(47-43)38-18-10-20-41-42(38)37-17-8-9-19-40(37)49-41)30-23-21-28(22-24-30)31-25-26-36-34-15-5-4-13-32(34)33-14-6-7-16-35(33)39(36)27-31/h1-27H/i4D,5D,6D,7D,13D,14D,15D,16D,21D,22D,23D,24D,25D,26D,27D. The quantitative estimate of drug-likeness (QED) is 0.177. The smallest absolute Gasteiger partial charge is 0.164 e. The molecule has 4 heteroatoms. The van der Waals surface area contributed by atoms with Gasteiger partial charge >= 0.3 is 0 Å². The SMILES string of the molecule is [2H]c1c([2H])c(-c2c([2H])c([2H])c3c4c([2H])c([2H])c([2H])c([2H])c4c4c([2H])c([2H])c([2H])c([2H])c4c3c2[2H])c([2H])c([2H])c1-c1nc(-c2ccccc2)nc(-c2cccc3sc4ccccc4c23)n1. The number of thiophene rings is 1. The molecule has 10 aromatic rings. The van der Waals surface area contributed by atoms with Crippen LogP contribution in [0.2, 0.25) is 0 Å². The molecule has 0 fully saturated rings. The van der Waals surface area contributed by atoms with E-state index in [1.807, 2.05) is 48.5 Å². The number of rotatable bonds is 4.